The number of hydrogen-bond donors (Lipinski definition) is 0. The molecule has 0 aromatic carbocycles. The van der Waals surface area contributed by atoms with Crippen LogP contribution in [-0.2, 0) is 9.53 Å². The molecule has 0 spiro atoms. The summed E-state index contributed by atoms with van der Waals surface area (Å²) in [6.45, 7) is 5.31. The van der Waals surface area contributed by atoms with Gasteiger partial charge in [-0.25, -0.2) is 4.79 Å². The zero-order chi connectivity index (χ0) is 9.73. The van der Waals surface area contributed by atoms with E-state index in [0.717, 1.165) is 19.4 Å². The largest absolute Gasteiger partial charge is 0.374 e. The lowest BCUT2D eigenvalue weighted by Crippen LogP contribution is -2.45. The molecule has 0 radical (unpaired) electrons. The molecule has 1 heterocycles. The molecule has 1 unspecified atom stereocenters. The molecule has 0 aromatic rings. The van der Waals surface area contributed by atoms with Crippen molar-refractivity contribution < 1.29 is 9.53 Å². The maximum absolute atomic E-state index is 10.1. The van der Waals surface area contributed by atoms with Gasteiger partial charge in [-0.15, -0.1) is 0 Å². The van der Waals surface area contributed by atoms with Crippen LogP contribution >= 0.6 is 0 Å². The summed E-state index contributed by atoms with van der Waals surface area (Å²) in [5, 5.41) is -0.129. The summed E-state index contributed by atoms with van der Waals surface area (Å²) < 4.78 is 5.79. The van der Waals surface area contributed by atoms with Crippen LogP contribution in [0.5, 0.6) is 0 Å². The van der Waals surface area contributed by atoms with Crippen LogP contribution in [0.3, 0.4) is 0 Å². The molecule has 13 heavy (non-hydrogen) atoms. The Bertz CT molecular complexity index is 242. The van der Waals surface area contributed by atoms with E-state index in [1.807, 2.05) is 0 Å². The SMILES string of the molecule is C[SiH](C)C1(C=C=C=O)CCCCO1. The molecule has 0 N–H and O–H groups in total. The Balaban J connectivity index is 2.85. The van der Waals surface area contributed by atoms with Crippen LogP contribution in [-0.4, -0.2) is 26.6 Å². The average Bonchev–Trinajstić information content (AvgIpc) is 2.16. The molecule has 0 amide bonds. The number of rotatable bonds is 2. The minimum absolute atomic E-state index is 0.129. The second kappa shape index (κ2) is 4.59. The molecule has 1 atom stereocenters. The van der Waals surface area contributed by atoms with Gasteiger partial charge in [0.25, 0.3) is 0 Å². The molecule has 0 saturated carbocycles. The van der Waals surface area contributed by atoms with E-state index in [0.29, 0.717) is 0 Å². The highest BCUT2D eigenvalue weighted by Crippen LogP contribution is 2.28. The van der Waals surface area contributed by atoms with Gasteiger partial charge in [-0.05, 0) is 31.1 Å². The quantitative estimate of drug-likeness (QED) is 0.380. The van der Waals surface area contributed by atoms with E-state index in [1.54, 1.807) is 12.0 Å². The molecule has 1 aliphatic rings. The molecule has 72 valence electrons. The van der Waals surface area contributed by atoms with Gasteiger partial charge in [0.1, 0.15) is 0 Å². The minimum Gasteiger partial charge on any atom is -0.374 e. The first-order valence-electron chi connectivity index (χ1n) is 4.82. The molecular formula is C10H16O2Si. The Morgan fingerprint density at radius 3 is 2.69 bits per heavy atom. The second-order valence-corrected chi connectivity index (χ2v) is 7.09. The molecule has 0 bridgehead atoms. The first kappa shape index (κ1) is 10.5. The van der Waals surface area contributed by atoms with Crippen LogP contribution in [0.2, 0.25) is 13.1 Å². The molecule has 1 aliphatic heterocycles. The lowest BCUT2D eigenvalue weighted by atomic mass is 10.1. The third-order valence-electron chi connectivity index (χ3n) is 2.69. The van der Waals surface area contributed by atoms with Crippen molar-refractivity contribution in [2.24, 2.45) is 0 Å². The first-order valence-corrected chi connectivity index (χ1v) is 7.71. The van der Waals surface area contributed by atoms with Crippen molar-refractivity contribution in [1.82, 2.24) is 0 Å². The van der Waals surface area contributed by atoms with E-state index >= 15 is 0 Å². The van der Waals surface area contributed by atoms with E-state index in [2.05, 4.69) is 18.8 Å². The van der Waals surface area contributed by atoms with Crippen molar-refractivity contribution in [1.29, 1.82) is 0 Å². The molecule has 0 aromatic heterocycles. The van der Waals surface area contributed by atoms with Gasteiger partial charge in [-0.1, -0.05) is 13.1 Å². The summed E-state index contributed by atoms with van der Waals surface area (Å²) in [6.07, 6.45) is 5.19. The standard InChI is InChI=1S/C10H16O2Si/c1-13(2)10(7-5-8-11)6-3-4-9-12-10/h7,13H,3-4,6,9H2,1-2H3. The van der Waals surface area contributed by atoms with Crippen molar-refractivity contribution in [3.05, 3.63) is 11.8 Å². The highest BCUT2D eigenvalue weighted by molar-refractivity contribution is 6.59. The van der Waals surface area contributed by atoms with E-state index in [9.17, 15) is 4.79 Å². The third kappa shape index (κ3) is 2.42. The summed E-state index contributed by atoms with van der Waals surface area (Å²) in [7, 11) is -0.938. The van der Waals surface area contributed by atoms with Crippen LogP contribution in [0.1, 0.15) is 19.3 Å². The number of ether oxygens (including phenoxy) is 1. The maximum atomic E-state index is 10.1. The van der Waals surface area contributed by atoms with Crippen LogP contribution in [0.25, 0.3) is 0 Å². The summed E-state index contributed by atoms with van der Waals surface area (Å²) in [5.74, 6) is 1.68. The van der Waals surface area contributed by atoms with Gasteiger partial charge in [0.15, 0.2) is 5.94 Å². The smallest absolute Gasteiger partial charge is 0.176 e. The van der Waals surface area contributed by atoms with Gasteiger partial charge in [-0.2, -0.15) is 0 Å². The molecule has 3 heteroatoms. The van der Waals surface area contributed by atoms with Crippen molar-refractivity contribution in [3.8, 4) is 0 Å². The summed E-state index contributed by atoms with van der Waals surface area (Å²) >= 11 is 0. The van der Waals surface area contributed by atoms with E-state index in [4.69, 9.17) is 4.74 Å². The van der Waals surface area contributed by atoms with Crippen LogP contribution in [0, 0.1) is 0 Å². The Morgan fingerprint density at radius 1 is 1.46 bits per heavy atom. The summed E-state index contributed by atoms with van der Waals surface area (Å²) in [5.41, 5.74) is 2.52. The fraction of sp³-hybridized carbons (Fsp3) is 0.700. The number of hydrogen-bond acceptors (Lipinski definition) is 2. The first-order chi connectivity index (χ1) is 6.21. The fourth-order valence-electron chi connectivity index (χ4n) is 1.73. The second-order valence-electron chi connectivity index (χ2n) is 3.81. The third-order valence-corrected chi connectivity index (χ3v) is 5.26. The highest BCUT2D eigenvalue weighted by atomic mass is 28.3. The van der Waals surface area contributed by atoms with Gasteiger partial charge in [0.05, 0.1) is 14.0 Å². The Labute approximate surface area is 80.9 Å². The van der Waals surface area contributed by atoms with Crippen molar-refractivity contribution in [2.45, 2.75) is 37.6 Å². The van der Waals surface area contributed by atoms with Crippen LogP contribution in [0.15, 0.2) is 11.8 Å². The zero-order valence-corrected chi connectivity index (χ0v) is 9.45. The molecule has 0 aliphatic carbocycles. The van der Waals surface area contributed by atoms with Gasteiger partial charge >= 0.3 is 0 Å². The van der Waals surface area contributed by atoms with E-state index < -0.39 is 8.80 Å². The highest BCUT2D eigenvalue weighted by Gasteiger charge is 2.34. The normalized spacial score (nSPS) is 27.9. The molecule has 1 saturated heterocycles. The van der Waals surface area contributed by atoms with Gasteiger partial charge in [-0.3, -0.25) is 0 Å². The molecular weight excluding hydrogens is 180 g/mol. The monoisotopic (exact) mass is 196 g/mol. The Kier molecular flexibility index (Phi) is 3.70. The topological polar surface area (TPSA) is 26.3 Å². The molecule has 1 rings (SSSR count). The van der Waals surface area contributed by atoms with Crippen molar-refractivity contribution in [3.63, 3.8) is 0 Å². The molecule has 2 nitrogen and oxygen atoms in total. The minimum atomic E-state index is -0.938. The summed E-state index contributed by atoms with van der Waals surface area (Å²) in [6, 6.07) is 0. The number of carbonyl (C=O) groups excluding carboxylic acids is 1. The van der Waals surface area contributed by atoms with Crippen molar-refractivity contribution >= 4 is 14.7 Å². The van der Waals surface area contributed by atoms with E-state index in [1.165, 1.54) is 6.42 Å². The van der Waals surface area contributed by atoms with Gasteiger partial charge < -0.3 is 4.74 Å². The zero-order valence-electron chi connectivity index (χ0n) is 8.30. The van der Waals surface area contributed by atoms with Crippen molar-refractivity contribution in [2.75, 3.05) is 6.61 Å². The Morgan fingerprint density at radius 2 is 2.23 bits per heavy atom. The van der Waals surface area contributed by atoms with Gasteiger partial charge in [0.2, 0.25) is 0 Å². The Hall–Kier alpha value is -0.593. The van der Waals surface area contributed by atoms with Gasteiger partial charge in [0, 0.05) is 6.61 Å². The summed E-state index contributed by atoms with van der Waals surface area (Å²) in [4.78, 5) is 10.1. The molecule has 1 fully saturated rings. The lowest BCUT2D eigenvalue weighted by molar-refractivity contribution is 0.0105. The van der Waals surface area contributed by atoms with E-state index in [-0.39, 0.29) is 5.22 Å². The lowest BCUT2D eigenvalue weighted by Gasteiger charge is -2.37. The average molecular weight is 196 g/mol. The van der Waals surface area contributed by atoms with Crippen LogP contribution < -0.4 is 0 Å². The fourth-order valence-corrected chi connectivity index (χ4v) is 3.37. The van der Waals surface area contributed by atoms with Crippen LogP contribution in [0.4, 0.5) is 0 Å². The predicted molar refractivity (Wildman–Crippen MR) is 55.2 cm³/mol. The maximum Gasteiger partial charge on any atom is 0.176 e. The predicted octanol–water partition coefficient (Wildman–Crippen LogP) is 1.49.